The lowest BCUT2D eigenvalue weighted by Gasteiger charge is -2.32. The van der Waals surface area contributed by atoms with Gasteiger partial charge in [-0.05, 0) is 64.4 Å². The fourth-order valence-corrected chi connectivity index (χ4v) is 5.45. The first-order valence-corrected chi connectivity index (χ1v) is 12.5. The Balaban J connectivity index is 0.000000521. The molecule has 34 heavy (non-hydrogen) atoms. The third-order valence-corrected chi connectivity index (χ3v) is 7.65. The van der Waals surface area contributed by atoms with Crippen LogP contribution in [0.4, 0.5) is 0 Å². The zero-order chi connectivity index (χ0) is 24.4. The second kappa shape index (κ2) is 10.9. The Labute approximate surface area is 205 Å². The number of H-pyrrole nitrogens is 2. The van der Waals surface area contributed by atoms with Crippen LogP contribution in [0.15, 0.2) is 40.2 Å². The molecule has 2 aromatic heterocycles. The molecule has 0 atom stereocenters. The molecule has 1 aliphatic rings. The van der Waals surface area contributed by atoms with Gasteiger partial charge in [-0.2, -0.15) is 4.31 Å². The number of carboxylic acids is 1. The van der Waals surface area contributed by atoms with E-state index in [-0.39, 0.29) is 34.4 Å². The second-order valence-electron chi connectivity index (χ2n) is 8.99. The number of aromatic amines is 2. The lowest BCUT2D eigenvalue weighted by Crippen LogP contribution is -2.50. The van der Waals surface area contributed by atoms with Crippen molar-refractivity contribution in [3.63, 3.8) is 0 Å². The highest BCUT2D eigenvalue weighted by atomic mass is 35.5. The number of nitrogens with zero attached hydrogens (tertiary/aromatic N) is 1. The quantitative estimate of drug-likeness (QED) is 0.365. The molecule has 1 fully saturated rings. The van der Waals surface area contributed by atoms with Gasteiger partial charge in [0.2, 0.25) is 10.0 Å². The van der Waals surface area contributed by atoms with E-state index in [9.17, 15) is 18.0 Å². The molecule has 1 saturated carbocycles. The Kier molecular flexibility index (Phi) is 8.92. The number of sulfonamides is 1. The van der Waals surface area contributed by atoms with Gasteiger partial charge in [0.25, 0.3) is 5.56 Å². The average molecular weight is 513 g/mol. The maximum Gasteiger partial charge on any atom is 0.303 e. The summed E-state index contributed by atoms with van der Waals surface area (Å²) in [5, 5.41) is 12.5. The van der Waals surface area contributed by atoms with Crippen LogP contribution in [-0.4, -0.2) is 58.9 Å². The van der Waals surface area contributed by atoms with Crippen LogP contribution in [0.5, 0.6) is 0 Å². The average Bonchev–Trinajstić information content (AvgIpc) is 3.46. The lowest BCUT2D eigenvalue weighted by atomic mass is 10.1. The van der Waals surface area contributed by atoms with Crippen LogP contribution in [0.25, 0.3) is 21.8 Å². The van der Waals surface area contributed by atoms with Crippen molar-refractivity contribution in [2.24, 2.45) is 0 Å². The number of pyridine rings is 1. The van der Waals surface area contributed by atoms with E-state index in [2.05, 4.69) is 15.3 Å². The van der Waals surface area contributed by atoms with Gasteiger partial charge in [-0.1, -0.05) is 6.92 Å². The molecule has 0 spiro atoms. The van der Waals surface area contributed by atoms with Gasteiger partial charge >= 0.3 is 5.97 Å². The SMILES string of the molecule is CCCC(=O)O.CNC(C)(C)CN(C1CC1)S(=O)(=O)c1ccc2[nH]c(=O)c3[nH]ccc3c2c1.Cl. The van der Waals surface area contributed by atoms with E-state index in [1.54, 1.807) is 34.8 Å². The first-order valence-electron chi connectivity index (χ1n) is 11.1. The van der Waals surface area contributed by atoms with Crippen molar-refractivity contribution in [2.75, 3.05) is 13.6 Å². The van der Waals surface area contributed by atoms with Crippen LogP contribution in [0.1, 0.15) is 46.5 Å². The molecular formula is C23H33ClN4O5S. The number of likely N-dealkylation sites (N-methyl/N-ethyl adjacent to an activating group) is 1. The summed E-state index contributed by atoms with van der Waals surface area (Å²) in [6.45, 7) is 6.23. The Morgan fingerprint density at radius 3 is 2.44 bits per heavy atom. The molecule has 4 N–H and O–H groups in total. The van der Waals surface area contributed by atoms with E-state index in [1.165, 1.54) is 0 Å². The molecule has 0 amide bonds. The Hall–Kier alpha value is -2.40. The van der Waals surface area contributed by atoms with Crippen molar-refractivity contribution >= 4 is 50.2 Å². The van der Waals surface area contributed by atoms with E-state index in [0.29, 0.717) is 24.0 Å². The van der Waals surface area contributed by atoms with Gasteiger partial charge < -0.3 is 20.4 Å². The summed E-state index contributed by atoms with van der Waals surface area (Å²) >= 11 is 0. The monoisotopic (exact) mass is 512 g/mol. The molecule has 0 radical (unpaired) electrons. The highest BCUT2D eigenvalue weighted by Crippen LogP contribution is 2.34. The van der Waals surface area contributed by atoms with Gasteiger partial charge in [-0.25, -0.2) is 8.42 Å². The molecule has 4 rings (SSSR count). The minimum absolute atomic E-state index is 0. The molecule has 1 aromatic carbocycles. The van der Waals surface area contributed by atoms with Gasteiger partial charge in [0.15, 0.2) is 0 Å². The number of benzene rings is 1. The minimum atomic E-state index is -3.64. The highest BCUT2D eigenvalue weighted by Gasteiger charge is 2.40. The predicted molar refractivity (Wildman–Crippen MR) is 136 cm³/mol. The van der Waals surface area contributed by atoms with Crippen LogP contribution in [0.2, 0.25) is 0 Å². The third-order valence-electron chi connectivity index (χ3n) is 5.76. The Bertz CT molecular complexity index is 1310. The van der Waals surface area contributed by atoms with E-state index in [4.69, 9.17) is 5.11 Å². The summed E-state index contributed by atoms with van der Waals surface area (Å²) in [6.07, 6.45) is 4.49. The Morgan fingerprint density at radius 2 is 1.91 bits per heavy atom. The molecule has 0 bridgehead atoms. The third kappa shape index (κ3) is 6.18. The smallest absolute Gasteiger partial charge is 0.303 e. The number of halogens is 1. The van der Waals surface area contributed by atoms with Crippen molar-refractivity contribution in [3.05, 3.63) is 40.8 Å². The first-order chi connectivity index (χ1) is 15.5. The summed E-state index contributed by atoms with van der Waals surface area (Å²) in [5.74, 6) is -0.711. The van der Waals surface area contributed by atoms with E-state index in [1.807, 2.05) is 27.8 Å². The first kappa shape index (κ1) is 27.8. The second-order valence-corrected chi connectivity index (χ2v) is 10.9. The number of fused-ring (bicyclic) bond motifs is 3. The lowest BCUT2D eigenvalue weighted by molar-refractivity contribution is -0.137. The molecule has 0 saturated heterocycles. The zero-order valence-electron chi connectivity index (χ0n) is 19.8. The predicted octanol–water partition coefficient (Wildman–Crippen LogP) is 3.45. The number of carbonyl (C=O) groups is 1. The number of hydrogen-bond acceptors (Lipinski definition) is 5. The number of nitrogens with one attached hydrogen (secondary N) is 3. The van der Waals surface area contributed by atoms with Crippen molar-refractivity contribution in [3.8, 4) is 0 Å². The fraction of sp³-hybridized carbons (Fsp3) is 0.478. The van der Waals surface area contributed by atoms with Gasteiger partial charge in [0.1, 0.15) is 5.52 Å². The summed E-state index contributed by atoms with van der Waals surface area (Å²) in [4.78, 5) is 27.7. The summed E-state index contributed by atoms with van der Waals surface area (Å²) in [5.41, 5.74) is 0.534. The molecule has 9 nitrogen and oxygen atoms in total. The normalized spacial score (nSPS) is 14.0. The topological polar surface area (TPSA) is 135 Å². The number of aromatic nitrogens is 2. The maximum absolute atomic E-state index is 13.4. The van der Waals surface area contributed by atoms with Gasteiger partial charge in [-0.15, -0.1) is 12.4 Å². The molecule has 2 heterocycles. The summed E-state index contributed by atoms with van der Waals surface area (Å²) in [7, 11) is -1.80. The van der Waals surface area contributed by atoms with Gasteiger partial charge in [0, 0.05) is 47.0 Å². The zero-order valence-corrected chi connectivity index (χ0v) is 21.5. The van der Waals surface area contributed by atoms with Gasteiger partial charge in [-0.3, -0.25) is 9.59 Å². The largest absolute Gasteiger partial charge is 0.481 e. The maximum atomic E-state index is 13.4. The van der Waals surface area contributed by atoms with E-state index >= 15 is 0 Å². The number of aliphatic carboxylic acids is 1. The number of carboxylic acid groups (broad SMARTS) is 1. The molecule has 3 aromatic rings. The molecule has 0 aliphatic heterocycles. The van der Waals surface area contributed by atoms with E-state index < -0.39 is 16.0 Å². The fourth-order valence-electron chi connectivity index (χ4n) is 3.57. The van der Waals surface area contributed by atoms with Crippen LogP contribution >= 0.6 is 12.4 Å². The number of hydrogen-bond donors (Lipinski definition) is 4. The molecule has 0 unspecified atom stereocenters. The number of rotatable bonds is 8. The minimum Gasteiger partial charge on any atom is -0.481 e. The summed E-state index contributed by atoms with van der Waals surface area (Å²) < 4.78 is 28.4. The van der Waals surface area contributed by atoms with Crippen molar-refractivity contribution in [1.82, 2.24) is 19.6 Å². The molecule has 1 aliphatic carbocycles. The van der Waals surface area contributed by atoms with Crippen molar-refractivity contribution < 1.29 is 18.3 Å². The summed E-state index contributed by atoms with van der Waals surface area (Å²) in [6, 6.07) is 6.77. The Morgan fingerprint density at radius 1 is 1.24 bits per heavy atom. The van der Waals surface area contributed by atoms with Crippen molar-refractivity contribution in [2.45, 2.75) is 62.9 Å². The van der Waals surface area contributed by atoms with Crippen molar-refractivity contribution in [1.29, 1.82) is 0 Å². The van der Waals surface area contributed by atoms with Gasteiger partial charge in [0.05, 0.1) is 4.90 Å². The van der Waals surface area contributed by atoms with E-state index in [0.717, 1.165) is 30.0 Å². The molecule has 188 valence electrons. The van der Waals surface area contributed by atoms with Crippen LogP contribution in [0, 0.1) is 0 Å². The standard InChI is InChI=1S/C19H24N4O3S.C4H8O2.ClH/c1-19(2,20-3)11-23(12-4-5-12)27(25,26)13-6-7-16-15(10-13)14-8-9-21-17(14)18(24)22-16;1-2-3-4(5)6;/h6-10,12,20-21H,4-5,11H2,1-3H3,(H,22,24);2-3H2,1H3,(H,5,6);1H. The highest BCUT2D eigenvalue weighted by molar-refractivity contribution is 7.89. The van der Waals surface area contributed by atoms with Crippen LogP contribution < -0.4 is 10.9 Å². The van der Waals surface area contributed by atoms with Crippen LogP contribution in [-0.2, 0) is 14.8 Å². The van der Waals surface area contributed by atoms with Crippen LogP contribution in [0.3, 0.4) is 0 Å². The molecular weight excluding hydrogens is 480 g/mol. The molecule has 11 heteroatoms.